The minimum absolute atomic E-state index is 0.0733. The van der Waals surface area contributed by atoms with Crippen molar-refractivity contribution in [1.82, 2.24) is 18.7 Å². The van der Waals surface area contributed by atoms with Gasteiger partial charge in [-0.25, -0.2) is 14.6 Å². The molecule has 3 aromatic heterocycles. The summed E-state index contributed by atoms with van der Waals surface area (Å²) in [5, 5.41) is 10.5. The molecule has 1 aromatic carbocycles. The van der Waals surface area contributed by atoms with Crippen LogP contribution in [0, 0.1) is 13.8 Å². The van der Waals surface area contributed by atoms with Crippen molar-refractivity contribution in [2.45, 2.75) is 73.2 Å². The lowest BCUT2D eigenvalue weighted by Crippen LogP contribution is -2.41. The van der Waals surface area contributed by atoms with E-state index in [1.807, 2.05) is 33.8 Å². The van der Waals surface area contributed by atoms with Gasteiger partial charge in [-0.15, -0.1) is 0 Å². The molecular formula is C25H30N4O5. The van der Waals surface area contributed by atoms with Crippen molar-refractivity contribution in [2.24, 2.45) is 0 Å². The van der Waals surface area contributed by atoms with Crippen molar-refractivity contribution in [3.8, 4) is 0 Å². The molecule has 0 aliphatic carbocycles. The Labute approximate surface area is 195 Å². The quantitative estimate of drug-likeness (QED) is 0.400. The van der Waals surface area contributed by atoms with Crippen LogP contribution in [0.2, 0.25) is 0 Å². The highest BCUT2D eigenvalue weighted by atomic mass is 16.4. The van der Waals surface area contributed by atoms with Gasteiger partial charge in [-0.05, 0) is 55.5 Å². The van der Waals surface area contributed by atoms with Crippen LogP contribution < -0.4 is 16.9 Å². The summed E-state index contributed by atoms with van der Waals surface area (Å²) in [5.74, 6) is 0.355. The number of unbranched alkanes of at least 4 members (excludes halogenated alkanes) is 1. The summed E-state index contributed by atoms with van der Waals surface area (Å²) < 4.78 is 9.75. The molecule has 0 saturated carbocycles. The summed E-state index contributed by atoms with van der Waals surface area (Å²) in [6.45, 7) is 8.36. The monoisotopic (exact) mass is 466 g/mol. The van der Waals surface area contributed by atoms with Crippen LogP contribution in [0.25, 0.3) is 22.1 Å². The number of imidazole rings is 1. The molecule has 3 heterocycles. The molecule has 0 amide bonds. The van der Waals surface area contributed by atoms with Gasteiger partial charge >= 0.3 is 11.3 Å². The van der Waals surface area contributed by atoms with Gasteiger partial charge in [0.2, 0.25) is 0 Å². The van der Waals surface area contributed by atoms with E-state index in [4.69, 9.17) is 4.42 Å². The van der Waals surface area contributed by atoms with Gasteiger partial charge in [0.1, 0.15) is 18.0 Å². The average molecular weight is 467 g/mol. The number of aliphatic hydroxyl groups excluding tert-OH is 1. The second kappa shape index (κ2) is 9.42. The molecule has 0 atom stereocenters. The number of nitrogens with zero attached hydrogens (tertiary/aromatic N) is 4. The first-order valence-corrected chi connectivity index (χ1v) is 11.7. The molecule has 9 heteroatoms. The minimum atomic E-state index is -0.537. The molecule has 0 unspecified atom stereocenters. The van der Waals surface area contributed by atoms with Crippen LogP contribution in [0.15, 0.2) is 37.0 Å². The van der Waals surface area contributed by atoms with Crippen LogP contribution in [0.1, 0.15) is 55.6 Å². The molecule has 0 bridgehead atoms. The molecule has 0 saturated heterocycles. The molecule has 4 rings (SSSR count). The van der Waals surface area contributed by atoms with E-state index in [2.05, 4.69) is 4.98 Å². The lowest BCUT2D eigenvalue weighted by molar-refractivity contribution is 0.265. The summed E-state index contributed by atoms with van der Waals surface area (Å²) in [7, 11) is 0. The number of aliphatic hydroxyl groups is 1. The number of aryl methyl sites for hydroxylation is 4. The number of fused-ring (bicyclic) bond motifs is 2. The molecule has 9 nitrogen and oxygen atoms in total. The van der Waals surface area contributed by atoms with Crippen molar-refractivity contribution < 1.29 is 9.52 Å². The molecule has 0 spiro atoms. The Morgan fingerprint density at radius 2 is 1.68 bits per heavy atom. The third kappa shape index (κ3) is 4.00. The SMILES string of the molecule is CCCCn1c(=O)n(Cc2cc(=O)oc3cc(C)c(C)cc23)c(=O)c2c1nc(CO)n2CCC. The van der Waals surface area contributed by atoms with Crippen LogP contribution in [0.3, 0.4) is 0 Å². The van der Waals surface area contributed by atoms with Gasteiger partial charge in [0.25, 0.3) is 5.56 Å². The zero-order valence-corrected chi connectivity index (χ0v) is 20.1. The van der Waals surface area contributed by atoms with E-state index in [9.17, 15) is 19.5 Å². The van der Waals surface area contributed by atoms with E-state index in [1.165, 1.54) is 10.6 Å². The van der Waals surface area contributed by atoms with E-state index in [0.29, 0.717) is 46.6 Å². The number of hydrogen-bond acceptors (Lipinski definition) is 6. The highest BCUT2D eigenvalue weighted by Crippen LogP contribution is 2.22. The summed E-state index contributed by atoms with van der Waals surface area (Å²) in [6, 6.07) is 5.05. The molecule has 0 aliphatic rings. The molecule has 1 N–H and O–H groups in total. The first-order valence-electron chi connectivity index (χ1n) is 11.7. The van der Waals surface area contributed by atoms with Crippen LogP contribution in [-0.4, -0.2) is 23.8 Å². The molecule has 0 aliphatic heterocycles. The minimum Gasteiger partial charge on any atom is -0.423 e. The maximum absolute atomic E-state index is 13.7. The zero-order chi connectivity index (χ0) is 24.6. The third-order valence-corrected chi connectivity index (χ3v) is 6.29. The van der Waals surface area contributed by atoms with Gasteiger partial charge in [-0.3, -0.25) is 13.9 Å². The summed E-state index contributed by atoms with van der Waals surface area (Å²) in [6.07, 6.45) is 2.33. The Kier molecular flexibility index (Phi) is 6.56. The lowest BCUT2D eigenvalue weighted by atomic mass is 10.0. The van der Waals surface area contributed by atoms with Crippen LogP contribution >= 0.6 is 0 Å². The number of hydrogen-bond donors (Lipinski definition) is 1. The summed E-state index contributed by atoms with van der Waals surface area (Å²) >= 11 is 0. The van der Waals surface area contributed by atoms with Crippen LogP contribution in [-0.2, 0) is 26.2 Å². The normalized spacial score (nSPS) is 11.7. The largest absolute Gasteiger partial charge is 0.423 e. The lowest BCUT2D eigenvalue weighted by Gasteiger charge is -2.14. The molecule has 0 radical (unpaired) electrons. The van der Waals surface area contributed by atoms with Crippen molar-refractivity contribution in [1.29, 1.82) is 0 Å². The fourth-order valence-electron chi connectivity index (χ4n) is 4.36. The highest BCUT2D eigenvalue weighted by molar-refractivity contribution is 5.82. The first kappa shape index (κ1) is 23.7. The van der Waals surface area contributed by atoms with Gasteiger partial charge < -0.3 is 14.1 Å². The molecular weight excluding hydrogens is 436 g/mol. The molecule has 180 valence electrons. The Bertz CT molecular complexity index is 1550. The van der Waals surface area contributed by atoms with Gasteiger partial charge in [-0.2, -0.15) is 0 Å². The van der Waals surface area contributed by atoms with Gasteiger partial charge in [0.05, 0.1) is 6.54 Å². The number of benzene rings is 1. The fraction of sp³-hybridized carbons (Fsp3) is 0.440. The summed E-state index contributed by atoms with van der Waals surface area (Å²) in [4.78, 5) is 43.9. The predicted molar refractivity (Wildman–Crippen MR) is 130 cm³/mol. The summed E-state index contributed by atoms with van der Waals surface area (Å²) in [5.41, 5.74) is 2.03. The number of rotatable bonds is 8. The fourth-order valence-corrected chi connectivity index (χ4v) is 4.36. The topological polar surface area (TPSA) is 112 Å². The van der Waals surface area contributed by atoms with E-state index in [-0.39, 0.29) is 13.2 Å². The smallest absolute Gasteiger partial charge is 0.336 e. The van der Waals surface area contributed by atoms with E-state index >= 15 is 0 Å². The van der Waals surface area contributed by atoms with Crippen LogP contribution in [0.4, 0.5) is 0 Å². The maximum Gasteiger partial charge on any atom is 0.336 e. The van der Waals surface area contributed by atoms with Gasteiger partial charge in [-0.1, -0.05) is 20.3 Å². The Hall–Kier alpha value is -3.46. The Balaban J connectivity index is 2.02. The van der Waals surface area contributed by atoms with Gasteiger partial charge in [0, 0.05) is 24.5 Å². The highest BCUT2D eigenvalue weighted by Gasteiger charge is 2.22. The number of aromatic nitrogens is 4. The molecule has 34 heavy (non-hydrogen) atoms. The van der Waals surface area contributed by atoms with E-state index < -0.39 is 16.9 Å². The molecule has 4 aromatic rings. The van der Waals surface area contributed by atoms with Crippen molar-refractivity contribution >= 4 is 22.1 Å². The van der Waals surface area contributed by atoms with Gasteiger partial charge in [0.15, 0.2) is 11.2 Å². The first-order chi connectivity index (χ1) is 16.3. The molecule has 0 fully saturated rings. The Morgan fingerprint density at radius 3 is 2.35 bits per heavy atom. The Morgan fingerprint density at radius 1 is 0.941 bits per heavy atom. The second-order valence-corrected chi connectivity index (χ2v) is 8.71. The van der Waals surface area contributed by atoms with Crippen molar-refractivity contribution in [3.63, 3.8) is 0 Å². The maximum atomic E-state index is 13.7. The van der Waals surface area contributed by atoms with Crippen molar-refractivity contribution in [2.75, 3.05) is 0 Å². The third-order valence-electron chi connectivity index (χ3n) is 6.29. The second-order valence-electron chi connectivity index (χ2n) is 8.71. The zero-order valence-electron chi connectivity index (χ0n) is 20.1. The standard InChI is InChI=1S/C25H30N4O5/c1-5-7-9-28-23-22(27(8-6-2)20(14-30)26-23)24(32)29(25(28)33)13-17-12-21(31)34-19-11-16(4)15(3)10-18(17)19/h10-12,30H,5-9,13-14H2,1-4H3. The van der Waals surface area contributed by atoms with E-state index in [1.54, 1.807) is 10.6 Å². The average Bonchev–Trinajstić information content (AvgIpc) is 3.16. The van der Waals surface area contributed by atoms with E-state index in [0.717, 1.165) is 35.0 Å². The van der Waals surface area contributed by atoms with Crippen LogP contribution in [0.5, 0.6) is 0 Å². The van der Waals surface area contributed by atoms with Crippen molar-refractivity contribution in [3.05, 3.63) is 72.0 Å². The predicted octanol–water partition coefficient (Wildman–Crippen LogP) is 2.83.